The highest BCUT2D eigenvalue weighted by molar-refractivity contribution is 5.90. The molecule has 0 spiro atoms. The van der Waals surface area contributed by atoms with Crippen LogP contribution in [-0.2, 0) is 54.3 Å². The number of nitrogens with zero attached hydrogens (tertiary/aromatic N) is 8. The number of rotatable bonds is 17. The Bertz CT molecular complexity index is 4910. The number of ether oxygens (including phenoxy) is 2. The molecule has 0 radical (unpaired) electrons. The molecule has 3 unspecified atom stereocenters. The summed E-state index contributed by atoms with van der Waals surface area (Å²) in [5.41, 5.74) is 23.1. The quantitative estimate of drug-likeness (QED) is 0.0943. The molecule has 129 heavy (non-hydrogen) atoms. The third kappa shape index (κ3) is 23.3. The lowest BCUT2D eigenvalue weighted by molar-refractivity contribution is -0.140. The average molecular weight is 1760 g/mol. The maximum Gasteiger partial charge on any atom is 0.410 e. The van der Waals surface area contributed by atoms with Crippen molar-refractivity contribution in [1.82, 2.24) is 39.2 Å². The Hall–Kier alpha value is -9.29. The minimum absolute atomic E-state index is 0.0749. The lowest BCUT2D eigenvalue weighted by atomic mass is 9.79. The molecule has 0 bridgehead atoms. The van der Waals surface area contributed by atoms with Gasteiger partial charge < -0.3 is 54.0 Å². The van der Waals surface area contributed by atoms with Crippen LogP contribution in [0.3, 0.4) is 0 Å². The van der Waals surface area contributed by atoms with Crippen LogP contribution in [0.2, 0.25) is 0 Å². The van der Waals surface area contributed by atoms with Crippen molar-refractivity contribution in [2.45, 2.75) is 273 Å². The highest BCUT2D eigenvalue weighted by Crippen LogP contribution is 2.49. The van der Waals surface area contributed by atoms with Crippen molar-refractivity contribution in [1.29, 1.82) is 0 Å². The fraction of sp³-hybridized carbons (Fsp3) is 0.595. The number of nitrogens with one attached hydrogen (secondary N) is 1. The number of amides is 8. The van der Waals surface area contributed by atoms with Crippen molar-refractivity contribution in [2.24, 2.45) is 59.2 Å². The van der Waals surface area contributed by atoms with Crippen molar-refractivity contribution in [3.8, 4) is 0 Å². The molecule has 5 aromatic rings. The first kappa shape index (κ1) is 95.8. The molecule has 0 aromatic heterocycles. The molecule has 5 aromatic carbocycles. The average Bonchev–Trinajstić information content (AvgIpc) is 1.60. The summed E-state index contributed by atoms with van der Waals surface area (Å²) in [6.07, 6.45) is 24.7. The van der Waals surface area contributed by atoms with Crippen LogP contribution in [0, 0.1) is 59.2 Å². The number of anilines is 1. The summed E-state index contributed by atoms with van der Waals surface area (Å²) < 4.78 is 10.9. The van der Waals surface area contributed by atoms with E-state index < -0.39 is 11.2 Å². The normalized spacial score (nSPS) is 24.5. The van der Waals surface area contributed by atoms with Gasteiger partial charge in [-0.3, -0.25) is 19.2 Å². The van der Waals surface area contributed by atoms with Crippen LogP contribution in [0.15, 0.2) is 150 Å². The summed E-state index contributed by atoms with van der Waals surface area (Å²) in [6, 6.07) is 45.2. The molecule has 0 saturated heterocycles. The van der Waals surface area contributed by atoms with Gasteiger partial charge in [-0.15, -0.1) is 0 Å². The number of fused-ring (bicyclic) bond motifs is 8. The SMILES string of the molecule is CC(C)C1C2=C(CCN1C(=O)C1CCC(CN(C)C(=O)Nc3ccccc3)CC1)c1ccccc1C2.CC1C2=C(CCN1C(=O)C1CCC(CN(C)C(=O)OC(C)(C)C)CC1)c1ccccc1C2.CCCN(C)CC1CCC(C(=O)N2CCC3=C(Cc4ccccc43)C2C(C)C)CC1.CN(CC1CCC(C(=O)N2CCC3=C(Cc4ccccc43)C2)CC1)C(=O)OC(C)(C)C. The maximum absolute atomic E-state index is 13.8. The number of para-hydroxylation sites is 1. The molecule has 8 amide bonds. The fourth-order valence-electron chi connectivity index (χ4n) is 24.0. The van der Waals surface area contributed by atoms with Gasteiger partial charge in [-0.25, -0.2) is 14.4 Å². The molecule has 4 saturated carbocycles. The summed E-state index contributed by atoms with van der Waals surface area (Å²) >= 11 is 0. The summed E-state index contributed by atoms with van der Waals surface area (Å²) in [5, 5.41) is 2.96. The van der Waals surface area contributed by atoms with Crippen LogP contribution in [0.25, 0.3) is 22.3 Å². The van der Waals surface area contributed by atoms with Crippen LogP contribution < -0.4 is 5.32 Å². The summed E-state index contributed by atoms with van der Waals surface area (Å²) in [6.45, 7) is 33.6. The van der Waals surface area contributed by atoms with Crippen molar-refractivity contribution in [2.75, 3.05) is 99.0 Å². The van der Waals surface area contributed by atoms with Crippen LogP contribution in [-0.4, -0.2) is 204 Å². The Morgan fingerprint density at radius 2 is 0.729 bits per heavy atom. The molecule has 18 heteroatoms. The Labute approximate surface area is 772 Å². The molecule has 17 rings (SSSR count). The second-order valence-corrected chi connectivity index (χ2v) is 42.9. The number of urea groups is 1. The van der Waals surface area contributed by atoms with Gasteiger partial charge in [-0.05, 0) is 359 Å². The molecule has 12 aliphatic rings. The molecule has 4 fully saturated rings. The summed E-state index contributed by atoms with van der Waals surface area (Å²) in [4.78, 5) is 108. The zero-order valence-corrected chi connectivity index (χ0v) is 81.1. The molecule has 8 aliphatic carbocycles. The van der Waals surface area contributed by atoms with Gasteiger partial charge in [0.1, 0.15) is 11.2 Å². The van der Waals surface area contributed by atoms with Gasteiger partial charge in [0.15, 0.2) is 0 Å². The minimum atomic E-state index is -0.476. The second-order valence-electron chi connectivity index (χ2n) is 42.9. The minimum Gasteiger partial charge on any atom is -0.444 e. The van der Waals surface area contributed by atoms with Gasteiger partial charge in [-0.1, -0.05) is 150 Å². The molecule has 3 atom stereocenters. The van der Waals surface area contributed by atoms with E-state index in [1.165, 1.54) is 121 Å². The zero-order valence-electron chi connectivity index (χ0n) is 81.1. The first-order valence-corrected chi connectivity index (χ1v) is 49.8. The topological polar surface area (TPSA) is 176 Å². The molecule has 1 N–H and O–H groups in total. The van der Waals surface area contributed by atoms with Crippen LogP contribution in [0.5, 0.6) is 0 Å². The number of hydrogen-bond acceptors (Lipinski definition) is 10. The van der Waals surface area contributed by atoms with Crippen molar-refractivity contribution in [3.05, 3.63) is 194 Å². The first-order chi connectivity index (χ1) is 61.8. The van der Waals surface area contributed by atoms with E-state index in [9.17, 15) is 33.6 Å². The molecule has 18 nitrogen and oxygen atoms in total. The number of benzene rings is 5. The van der Waals surface area contributed by atoms with Gasteiger partial charge in [0.2, 0.25) is 23.6 Å². The van der Waals surface area contributed by atoms with Crippen molar-refractivity contribution in [3.63, 3.8) is 0 Å². The lowest BCUT2D eigenvalue weighted by Gasteiger charge is -2.42. The molecular formula is C111H153N9O9. The highest BCUT2D eigenvalue weighted by Gasteiger charge is 2.46. The van der Waals surface area contributed by atoms with Crippen molar-refractivity contribution >= 4 is 69.8 Å². The smallest absolute Gasteiger partial charge is 0.410 e. The Morgan fingerprint density at radius 1 is 0.395 bits per heavy atom. The summed E-state index contributed by atoms with van der Waals surface area (Å²) in [5.74, 6) is 5.03. The molecule has 4 heterocycles. The maximum atomic E-state index is 13.8. The van der Waals surface area contributed by atoms with E-state index in [4.69, 9.17) is 9.47 Å². The number of hydrogen-bond donors (Lipinski definition) is 1. The van der Waals surface area contributed by atoms with E-state index in [0.29, 0.717) is 66.3 Å². The first-order valence-electron chi connectivity index (χ1n) is 49.8. The molecule has 4 aliphatic heterocycles. The van der Waals surface area contributed by atoms with E-state index in [1.807, 2.05) is 93.0 Å². The van der Waals surface area contributed by atoms with Gasteiger partial charge in [0, 0.05) is 109 Å². The van der Waals surface area contributed by atoms with Gasteiger partial charge in [0.05, 0.1) is 18.1 Å². The molecular weight excluding hydrogens is 1600 g/mol. The third-order valence-electron chi connectivity index (χ3n) is 30.4. The van der Waals surface area contributed by atoms with Gasteiger partial charge in [0.25, 0.3) is 0 Å². The number of carbonyl (C=O) groups is 7. The van der Waals surface area contributed by atoms with Gasteiger partial charge >= 0.3 is 18.2 Å². The third-order valence-corrected chi connectivity index (χ3v) is 30.4. The van der Waals surface area contributed by atoms with Crippen LogP contribution in [0.4, 0.5) is 20.1 Å². The predicted octanol–water partition coefficient (Wildman–Crippen LogP) is 21.8. The monoisotopic (exact) mass is 1760 g/mol. The lowest BCUT2D eigenvalue weighted by Crippen LogP contribution is -2.50. The van der Waals surface area contributed by atoms with E-state index in [-0.39, 0.29) is 60.0 Å². The van der Waals surface area contributed by atoms with E-state index >= 15 is 0 Å². The number of carbonyl (C=O) groups excluding carboxylic acids is 7. The Balaban J connectivity index is 0.000000139. The van der Waals surface area contributed by atoms with E-state index in [1.54, 1.807) is 14.7 Å². The van der Waals surface area contributed by atoms with E-state index in [0.717, 1.165) is 192 Å². The summed E-state index contributed by atoms with van der Waals surface area (Å²) in [7, 11) is 7.73. The predicted molar refractivity (Wildman–Crippen MR) is 521 cm³/mol. The Kier molecular flexibility index (Phi) is 31.6. The fourth-order valence-corrected chi connectivity index (χ4v) is 24.0. The molecule has 696 valence electrons. The van der Waals surface area contributed by atoms with Crippen molar-refractivity contribution < 1.29 is 43.0 Å². The van der Waals surface area contributed by atoms with Gasteiger partial charge in [-0.2, -0.15) is 0 Å². The zero-order chi connectivity index (χ0) is 91.7. The van der Waals surface area contributed by atoms with Crippen LogP contribution >= 0.6 is 0 Å². The Morgan fingerprint density at radius 3 is 1.13 bits per heavy atom. The van der Waals surface area contributed by atoms with E-state index in [2.05, 4.69) is 175 Å². The standard InChI is InChI=1S/C31H39N3O2.C27H38N2O3.C27H40N2O.C26H36N2O3/c1-21(2)29-28-19-24-9-7-8-12-26(24)27(28)17-18-34(29)30(35)23-15-13-22(14-16-23)20-33(3)31(36)32-25-10-5-4-6-11-25;1-18-24-16-21-8-6-7-9-22(21)23(24)14-15-29(18)25(30)20-12-10-19(11-13-20)17-28(5)26(31)32-27(2,3)4;1-5-15-28(4)18-20-10-12-21(13-11-20)27(30)29-16-14-24-23-9-7-6-8-22(23)17-25(24)26(29)19(2)3;1-26(2,3)31-25(30)27(4)16-18-9-11-19(12-10-18)24(29)28-14-13-23-21(17-28)15-20-7-5-6-8-22(20)23/h4-12,21-23,29H,13-20H2,1-3H3,(H,32,36);6-9,18-20H,10-17H2,1-5H3;6-9,19-21,26H,5,10-18H2,1-4H3;5-8,18-19H,9-17H2,1-4H3. The largest absolute Gasteiger partial charge is 0.444 e. The second kappa shape index (κ2) is 42.5. The van der Waals surface area contributed by atoms with Crippen LogP contribution in [0.1, 0.15) is 262 Å². The highest BCUT2D eigenvalue weighted by atomic mass is 16.6.